The van der Waals surface area contributed by atoms with E-state index in [0.717, 1.165) is 0 Å². The summed E-state index contributed by atoms with van der Waals surface area (Å²) in [6, 6.07) is 20.4. The minimum atomic E-state index is -3.81. The fraction of sp³-hybridized carbons (Fsp3) is 0.0455. The molecule has 3 rings (SSSR count). The Morgan fingerprint density at radius 2 is 1.68 bits per heavy atom. The summed E-state index contributed by atoms with van der Waals surface area (Å²) in [5, 5.41) is 13.3. The minimum Gasteiger partial charge on any atom is -0.322 e. The number of nitrogens with one attached hydrogen (secondary N) is 1. The van der Waals surface area contributed by atoms with Crippen molar-refractivity contribution in [1.29, 1.82) is 0 Å². The molecular formula is C22H19N3O5S. The summed E-state index contributed by atoms with van der Waals surface area (Å²) in [6.07, 6.45) is 2.77. The number of para-hydroxylation sites is 1. The highest BCUT2D eigenvalue weighted by Gasteiger charge is 2.21. The number of sulfonamides is 1. The maximum Gasteiger partial charge on any atom is 0.269 e. The van der Waals surface area contributed by atoms with E-state index < -0.39 is 20.9 Å². The molecule has 31 heavy (non-hydrogen) atoms. The lowest BCUT2D eigenvalue weighted by atomic mass is 10.2. The number of hydrogen-bond donors (Lipinski definition) is 1. The number of carbonyl (C=O) groups is 1. The van der Waals surface area contributed by atoms with Crippen molar-refractivity contribution in [3.63, 3.8) is 0 Å². The summed E-state index contributed by atoms with van der Waals surface area (Å²) in [6.45, 7) is 0. The normalized spacial score (nSPS) is 11.3. The van der Waals surface area contributed by atoms with Crippen LogP contribution in [0.5, 0.6) is 0 Å². The maximum atomic E-state index is 12.9. The minimum absolute atomic E-state index is 0.0380. The predicted molar refractivity (Wildman–Crippen MR) is 119 cm³/mol. The molecule has 0 unspecified atom stereocenters. The Kier molecular flexibility index (Phi) is 6.46. The van der Waals surface area contributed by atoms with Crippen LogP contribution in [0.1, 0.15) is 5.56 Å². The van der Waals surface area contributed by atoms with Gasteiger partial charge in [-0.05, 0) is 54.1 Å². The topological polar surface area (TPSA) is 110 Å². The molecule has 1 amide bonds. The maximum absolute atomic E-state index is 12.9. The Labute approximate surface area is 179 Å². The zero-order valence-corrected chi connectivity index (χ0v) is 17.3. The van der Waals surface area contributed by atoms with Crippen LogP contribution in [0.25, 0.3) is 6.08 Å². The zero-order chi connectivity index (χ0) is 22.4. The largest absolute Gasteiger partial charge is 0.322 e. The molecule has 0 spiro atoms. The number of hydrogen-bond acceptors (Lipinski definition) is 5. The predicted octanol–water partition coefficient (Wildman–Crippen LogP) is 4.07. The first-order chi connectivity index (χ1) is 14.8. The third-order valence-electron chi connectivity index (χ3n) is 4.41. The fourth-order valence-corrected chi connectivity index (χ4v) is 3.97. The van der Waals surface area contributed by atoms with Crippen molar-refractivity contribution in [2.24, 2.45) is 0 Å². The molecule has 3 aromatic carbocycles. The number of nitrogens with zero attached hydrogens (tertiary/aromatic N) is 2. The van der Waals surface area contributed by atoms with E-state index in [0.29, 0.717) is 16.9 Å². The number of nitro groups is 1. The van der Waals surface area contributed by atoms with Crippen molar-refractivity contribution >= 4 is 39.1 Å². The van der Waals surface area contributed by atoms with Crippen LogP contribution in [0.3, 0.4) is 0 Å². The lowest BCUT2D eigenvalue weighted by molar-refractivity contribution is -0.384. The summed E-state index contributed by atoms with van der Waals surface area (Å²) in [7, 11) is -2.35. The van der Waals surface area contributed by atoms with Crippen molar-refractivity contribution in [3.8, 4) is 0 Å². The molecule has 0 aliphatic heterocycles. The molecule has 0 saturated carbocycles. The monoisotopic (exact) mass is 437 g/mol. The number of nitro benzene ring substituents is 1. The summed E-state index contributed by atoms with van der Waals surface area (Å²) < 4.78 is 27.0. The first kappa shape index (κ1) is 21.7. The van der Waals surface area contributed by atoms with E-state index in [-0.39, 0.29) is 10.6 Å². The number of non-ortho nitro benzene ring substituents is 1. The molecule has 0 aromatic heterocycles. The molecule has 0 aliphatic rings. The van der Waals surface area contributed by atoms with Gasteiger partial charge in [0.05, 0.1) is 15.5 Å². The molecule has 3 aromatic rings. The second-order valence-electron chi connectivity index (χ2n) is 6.51. The third kappa shape index (κ3) is 5.34. The highest BCUT2D eigenvalue weighted by atomic mass is 32.2. The average Bonchev–Trinajstić information content (AvgIpc) is 2.78. The summed E-state index contributed by atoms with van der Waals surface area (Å²) >= 11 is 0. The molecular weight excluding hydrogens is 418 g/mol. The van der Waals surface area contributed by atoms with Crippen LogP contribution >= 0.6 is 0 Å². The van der Waals surface area contributed by atoms with Crippen LogP contribution in [0, 0.1) is 10.1 Å². The van der Waals surface area contributed by atoms with Gasteiger partial charge in [0, 0.05) is 30.9 Å². The number of amides is 1. The lowest BCUT2D eigenvalue weighted by Crippen LogP contribution is -2.26. The Bertz CT molecular complexity index is 1220. The molecule has 0 atom stereocenters. The van der Waals surface area contributed by atoms with Crippen molar-refractivity contribution < 1.29 is 18.1 Å². The van der Waals surface area contributed by atoms with Crippen LogP contribution in [0.15, 0.2) is 89.8 Å². The van der Waals surface area contributed by atoms with E-state index >= 15 is 0 Å². The Hall–Kier alpha value is -3.98. The van der Waals surface area contributed by atoms with Crippen molar-refractivity contribution in [3.05, 3.63) is 101 Å². The van der Waals surface area contributed by atoms with Gasteiger partial charge in [0.25, 0.3) is 15.7 Å². The van der Waals surface area contributed by atoms with Gasteiger partial charge in [-0.2, -0.15) is 0 Å². The Balaban J connectivity index is 1.72. The van der Waals surface area contributed by atoms with Crippen molar-refractivity contribution in [2.45, 2.75) is 4.90 Å². The van der Waals surface area contributed by atoms with Crippen molar-refractivity contribution in [2.75, 3.05) is 16.7 Å². The van der Waals surface area contributed by atoms with E-state index in [1.165, 1.54) is 59.9 Å². The van der Waals surface area contributed by atoms with Gasteiger partial charge in [0.15, 0.2) is 0 Å². The molecule has 9 heteroatoms. The van der Waals surface area contributed by atoms with Gasteiger partial charge in [-0.3, -0.25) is 19.2 Å². The zero-order valence-electron chi connectivity index (χ0n) is 16.5. The van der Waals surface area contributed by atoms with Gasteiger partial charge < -0.3 is 5.32 Å². The second kappa shape index (κ2) is 9.23. The lowest BCUT2D eigenvalue weighted by Gasteiger charge is -2.19. The number of carbonyl (C=O) groups excluding carboxylic acids is 1. The van der Waals surface area contributed by atoms with Gasteiger partial charge in [0.1, 0.15) is 0 Å². The molecule has 0 saturated heterocycles. The fourth-order valence-electron chi connectivity index (χ4n) is 2.73. The molecule has 158 valence electrons. The van der Waals surface area contributed by atoms with E-state index in [2.05, 4.69) is 5.32 Å². The quantitative estimate of drug-likeness (QED) is 0.340. The van der Waals surface area contributed by atoms with E-state index in [9.17, 15) is 23.3 Å². The van der Waals surface area contributed by atoms with Crippen LogP contribution in [-0.4, -0.2) is 26.3 Å². The van der Waals surface area contributed by atoms with Crippen LogP contribution in [-0.2, 0) is 14.8 Å². The standard InChI is InChI=1S/C22H19N3O5S/c1-24(19-7-3-2-4-8-19)31(29,30)21-9-5-6-18(16-21)23-22(26)15-12-17-10-13-20(14-11-17)25(27)28/h2-16H,1H3,(H,23,26)/b15-12+. The Morgan fingerprint density at radius 1 is 1.00 bits per heavy atom. The second-order valence-corrected chi connectivity index (χ2v) is 8.48. The summed E-state index contributed by atoms with van der Waals surface area (Å²) in [5.41, 5.74) is 1.41. The summed E-state index contributed by atoms with van der Waals surface area (Å²) in [4.78, 5) is 22.4. The Morgan fingerprint density at radius 3 is 2.32 bits per heavy atom. The SMILES string of the molecule is CN(c1ccccc1)S(=O)(=O)c1cccc(NC(=O)/C=C/c2ccc([N+](=O)[O-])cc2)c1. The number of anilines is 2. The van der Waals surface area contributed by atoms with Crippen molar-refractivity contribution in [1.82, 2.24) is 0 Å². The molecule has 0 heterocycles. The molecule has 0 bridgehead atoms. The highest BCUT2D eigenvalue weighted by Crippen LogP contribution is 2.23. The average molecular weight is 437 g/mol. The first-order valence-electron chi connectivity index (χ1n) is 9.15. The molecule has 0 fully saturated rings. The van der Waals surface area contributed by atoms with E-state index in [1.807, 2.05) is 0 Å². The molecule has 0 aliphatic carbocycles. The van der Waals surface area contributed by atoms with Gasteiger partial charge >= 0.3 is 0 Å². The number of rotatable bonds is 7. The van der Waals surface area contributed by atoms with Gasteiger partial charge in [-0.25, -0.2) is 8.42 Å². The number of benzene rings is 3. The smallest absolute Gasteiger partial charge is 0.269 e. The van der Waals surface area contributed by atoms with Gasteiger partial charge in [0.2, 0.25) is 5.91 Å². The first-order valence-corrected chi connectivity index (χ1v) is 10.6. The molecule has 8 nitrogen and oxygen atoms in total. The summed E-state index contributed by atoms with van der Waals surface area (Å²) in [5.74, 6) is -0.468. The van der Waals surface area contributed by atoms with Crippen LogP contribution < -0.4 is 9.62 Å². The van der Waals surface area contributed by atoms with Gasteiger partial charge in [-0.1, -0.05) is 24.3 Å². The van der Waals surface area contributed by atoms with Crippen LogP contribution in [0.2, 0.25) is 0 Å². The molecule has 0 radical (unpaired) electrons. The third-order valence-corrected chi connectivity index (χ3v) is 6.19. The van der Waals surface area contributed by atoms with E-state index in [1.54, 1.807) is 42.5 Å². The highest BCUT2D eigenvalue weighted by molar-refractivity contribution is 7.92. The van der Waals surface area contributed by atoms with Crippen LogP contribution in [0.4, 0.5) is 17.1 Å². The molecule has 1 N–H and O–H groups in total. The van der Waals surface area contributed by atoms with E-state index in [4.69, 9.17) is 0 Å². The van der Waals surface area contributed by atoms with Gasteiger partial charge in [-0.15, -0.1) is 0 Å².